The van der Waals surface area contributed by atoms with Crippen LogP contribution in [0.5, 0.6) is 0 Å². The molecule has 22 heavy (non-hydrogen) atoms. The molecule has 0 heterocycles. The molecule has 0 unspecified atom stereocenters. The average Bonchev–Trinajstić information content (AvgIpc) is 2.42. The molecule has 0 aromatic rings. The molecule has 0 bridgehead atoms. The van der Waals surface area contributed by atoms with Crippen molar-refractivity contribution in [2.45, 2.75) is 71.9 Å². The molecule has 0 aromatic carbocycles. The number of ether oxygens (including phenoxy) is 2. The van der Waals surface area contributed by atoms with Gasteiger partial charge in [-0.25, -0.2) is 9.59 Å². The number of unbranched alkanes of at least 4 members (excludes halogenated alkanes) is 3. The lowest BCUT2D eigenvalue weighted by Crippen LogP contribution is -2.50. The van der Waals surface area contributed by atoms with Crippen molar-refractivity contribution >= 4 is 12.1 Å². The summed E-state index contributed by atoms with van der Waals surface area (Å²) in [6.45, 7) is 11.1. The fourth-order valence-corrected chi connectivity index (χ4v) is 2.04. The van der Waals surface area contributed by atoms with Crippen LogP contribution in [-0.4, -0.2) is 31.3 Å². The van der Waals surface area contributed by atoms with Crippen LogP contribution in [-0.2, 0) is 14.3 Å². The lowest BCUT2D eigenvalue weighted by Gasteiger charge is -2.29. The summed E-state index contributed by atoms with van der Waals surface area (Å²) in [5.74, 6) is -0.471. The maximum atomic E-state index is 11.9. The van der Waals surface area contributed by atoms with E-state index in [2.05, 4.69) is 11.9 Å². The molecule has 0 saturated heterocycles. The van der Waals surface area contributed by atoms with Gasteiger partial charge in [-0.1, -0.05) is 33.3 Å². The maximum Gasteiger partial charge on any atom is 0.408 e. The minimum Gasteiger partial charge on any atom is -0.467 e. The van der Waals surface area contributed by atoms with Gasteiger partial charge in [-0.2, -0.15) is 0 Å². The Balaban J connectivity index is 4.23. The molecule has 0 aliphatic rings. The van der Waals surface area contributed by atoms with Crippen LogP contribution in [0.2, 0.25) is 0 Å². The molecule has 0 spiro atoms. The zero-order chi connectivity index (χ0) is 17.2. The van der Waals surface area contributed by atoms with Gasteiger partial charge in [0.2, 0.25) is 0 Å². The van der Waals surface area contributed by atoms with Gasteiger partial charge in [0.15, 0.2) is 0 Å². The third kappa shape index (κ3) is 8.70. The smallest absolute Gasteiger partial charge is 0.408 e. The van der Waals surface area contributed by atoms with Gasteiger partial charge in [0.1, 0.15) is 12.1 Å². The molecule has 0 fully saturated rings. The molecule has 0 radical (unpaired) electrons. The van der Waals surface area contributed by atoms with E-state index in [1.807, 2.05) is 33.8 Å². The number of rotatable bonds is 9. The van der Waals surface area contributed by atoms with E-state index in [1.54, 1.807) is 0 Å². The van der Waals surface area contributed by atoms with Crippen LogP contribution in [0.3, 0.4) is 0 Å². The van der Waals surface area contributed by atoms with Crippen LogP contribution in [0.4, 0.5) is 4.79 Å². The van der Waals surface area contributed by atoms with E-state index in [9.17, 15) is 9.59 Å². The first-order chi connectivity index (χ1) is 10.2. The number of esters is 1. The summed E-state index contributed by atoms with van der Waals surface area (Å²) in [5, 5.41) is 2.60. The molecular weight excluding hydrogens is 282 g/mol. The third-order valence-corrected chi connectivity index (χ3v) is 3.39. The summed E-state index contributed by atoms with van der Waals surface area (Å²) in [4.78, 5) is 23.7. The molecule has 128 valence electrons. The van der Waals surface area contributed by atoms with Gasteiger partial charge in [-0.15, -0.1) is 6.58 Å². The Labute approximate surface area is 134 Å². The second kappa shape index (κ2) is 10.2. The van der Waals surface area contributed by atoms with E-state index in [0.29, 0.717) is 0 Å². The standard InChI is InChI=1S/C17H31NO4/c1-7-8-9-10-11-12-13(2)22-16(20)18-14(15(19)21-6)17(3,4)5/h7,13-14H,1,8-12H2,2-6H3,(H,18,20)/t13-,14-/m1/s1. The number of hydrogen-bond acceptors (Lipinski definition) is 4. The Bertz CT molecular complexity index is 360. The van der Waals surface area contributed by atoms with Gasteiger partial charge in [0.05, 0.1) is 7.11 Å². The number of carbonyl (C=O) groups is 2. The minimum atomic E-state index is -0.732. The fraction of sp³-hybridized carbons (Fsp3) is 0.765. The molecule has 0 saturated carbocycles. The highest BCUT2D eigenvalue weighted by molar-refractivity contribution is 5.82. The first-order valence-corrected chi connectivity index (χ1v) is 7.88. The fourth-order valence-electron chi connectivity index (χ4n) is 2.04. The molecule has 5 heteroatoms. The number of methoxy groups -OCH3 is 1. The molecule has 0 aliphatic heterocycles. The van der Waals surface area contributed by atoms with Crippen molar-refractivity contribution in [3.8, 4) is 0 Å². The summed E-state index contributed by atoms with van der Waals surface area (Å²) in [6, 6.07) is -0.732. The van der Waals surface area contributed by atoms with E-state index >= 15 is 0 Å². The Morgan fingerprint density at radius 1 is 1.23 bits per heavy atom. The summed E-state index contributed by atoms with van der Waals surface area (Å²) >= 11 is 0. The third-order valence-electron chi connectivity index (χ3n) is 3.39. The lowest BCUT2D eigenvalue weighted by atomic mass is 9.87. The van der Waals surface area contributed by atoms with Crippen molar-refractivity contribution in [2.24, 2.45) is 5.41 Å². The number of hydrogen-bond donors (Lipinski definition) is 1. The predicted octanol–water partition coefficient (Wildman–Crippen LogP) is 3.83. The first kappa shape index (κ1) is 20.5. The molecule has 0 rings (SSSR count). The summed E-state index contributed by atoms with van der Waals surface area (Å²) in [6.07, 6.45) is 6.18. The monoisotopic (exact) mass is 313 g/mol. The van der Waals surface area contributed by atoms with Gasteiger partial charge in [-0.3, -0.25) is 0 Å². The molecule has 1 amide bonds. The average molecular weight is 313 g/mol. The van der Waals surface area contributed by atoms with Gasteiger partial charge >= 0.3 is 12.1 Å². The normalized spacial score (nSPS) is 13.9. The van der Waals surface area contributed by atoms with Crippen molar-refractivity contribution < 1.29 is 19.1 Å². The number of alkyl carbamates (subject to hydrolysis) is 1. The summed E-state index contributed by atoms with van der Waals surface area (Å²) < 4.78 is 10.0. The molecule has 0 aromatic heterocycles. The highest BCUT2D eigenvalue weighted by atomic mass is 16.6. The predicted molar refractivity (Wildman–Crippen MR) is 87.6 cm³/mol. The molecule has 0 aliphatic carbocycles. The Morgan fingerprint density at radius 2 is 1.86 bits per heavy atom. The van der Waals surface area contributed by atoms with Crippen molar-refractivity contribution in [1.82, 2.24) is 5.32 Å². The van der Waals surface area contributed by atoms with Gasteiger partial charge in [0, 0.05) is 0 Å². The second-order valence-electron chi connectivity index (χ2n) is 6.61. The van der Waals surface area contributed by atoms with Crippen LogP contribution in [0.1, 0.15) is 59.8 Å². The van der Waals surface area contributed by atoms with Crippen LogP contribution >= 0.6 is 0 Å². The Morgan fingerprint density at radius 3 is 2.36 bits per heavy atom. The van der Waals surface area contributed by atoms with E-state index in [1.165, 1.54) is 7.11 Å². The van der Waals surface area contributed by atoms with Crippen molar-refractivity contribution in [3.63, 3.8) is 0 Å². The maximum absolute atomic E-state index is 11.9. The number of amides is 1. The number of nitrogens with one attached hydrogen (secondary N) is 1. The largest absolute Gasteiger partial charge is 0.467 e. The van der Waals surface area contributed by atoms with Crippen LogP contribution < -0.4 is 5.32 Å². The first-order valence-electron chi connectivity index (χ1n) is 7.88. The van der Waals surface area contributed by atoms with E-state index < -0.39 is 23.5 Å². The van der Waals surface area contributed by atoms with Crippen molar-refractivity contribution in [2.75, 3.05) is 7.11 Å². The van der Waals surface area contributed by atoms with E-state index in [4.69, 9.17) is 9.47 Å². The number of carbonyl (C=O) groups excluding carboxylic acids is 2. The van der Waals surface area contributed by atoms with Gasteiger partial charge in [-0.05, 0) is 38.0 Å². The SMILES string of the molecule is C=CCCCCC[C@@H](C)OC(=O)N[C@H](C(=O)OC)C(C)(C)C. The van der Waals surface area contributed by atoms with Gasteiger partial charge in [0.25, 0.3) is 0 Å². The van der Waals surface area contributed by atoms with Gasteiger partial charge < -0.3 is 14.8 Å². The van der Waals surface area contributed by atoms with Crippen LogP contribution in [0.15, 0.2) is 12.7 Å². The van der Waals surface area contributed by atoms with E-state index in [-0.39, 0.29) is 6.10 Å². The zero-order valence-electron chi connectivity index (χ0n) is 14.6. The quantitative estimate of drug-likeness (QED) is 0.399. The Hall–Kier alpha value is -1.52. The highest BCUT2D eigenvalue weighted by Gasteiger charge is 2.34. The molecule has 1 N–H and O–H groups in total. The minimum absolute atomic E-state index is 0.179. The van der Waals surface area contributed by atoms with Crippen LogP contribution in [0, 0.1) is 5.41 Å². The molecule has 2 atom stereocenters. The Kier molecular flexibility index (Phi) is 9.54. The van der Waals surface area contributed by atoms with Crippen molar-refractivity contribution in [3.05, 3.63) is 12.7 Å². The molecule has 5 nitrogen and oxygen atoms in total. The lowest BCUT2D eigenvalue weighted by molar-refractivity contribution is -0.145. The second-order valence-corrected chi connectivity index (χ2v) is 6.61. The summed E-state index contributed by atoms with van der Waals surface area (Å²) in [7, 11) is 1.31. The highest BCUT2D eigenvalue weighted by Crippen LogP contribution is 2.20. The van der Waals surface area contributed by atoms with E-state index in [0.717, 1.165) is 32.1 Å². The number of allylic oxidation sites excluding steroid dienone is 1. The van der Waals surface area contributed by atoms with Crippen LogP contribution in [0.25, 0.3) is 0 Å². The molecular formula is C17H31NO4. The zero-order valence-corrected chi connectivity index (χ0v) is 14.6. The topological polar surface area (TPSA) is 64.6 Å². The summed E-state index contributed by atoms with van der Waals surface area (Å²) in [5.41, 5.74) is -0.444. The van der Waals surface area contributed by atoms with Crippen molar-refractivity contribution in [1.29, 1.82) is 0 Å².